The smallest absolute Gasteiger partial charge is 0.308 e. The van der Waals surface area contributed by atoms with Gasteiger partial charge in [0, 0.05) is 23.2 Å². The lowest BCUT2D eigenvalue weighted by molar-refractivity contribution is -0.142. The Morgan fingerprint density at radius 3 is 2.74 bits per heavy atom. The van der Waals surface area contributed by atoms with Crippen LogP contribution in [0.5, 0.6) is 0 Å². The number of thioether (sulfide) groups is 1. The maximum absolute atomic E-state index is 12.8. The van der Waals surface area contributed by atoms with Crippen molar-refractivity contribution in [2.45, 2.75) is 24.3 Å². The van der Waals surface area contributed by atoms with Crippen LogP contribution in [-0.4, -0.2) is 40.9 Å². The molecule has 19 heavy (non-hydrogen) atoms. The topological polar surface area (TPSA) is 40.5 Å². The molecule has 1 heterocycles. The SMILES string of the molecule is CC1C(C(=O)O)CCN1CCSc1ccc(F)cc1. The van der Waals surface area contributed by atoms with Crippen LogP contribution in [0, 0.1) is 11.7 Å². The normalized spacial score (nSPS) is 23.7. The van der Waals surface area contributed by atoms with Gasteiger partial charge in [-0.05, 0) is 44.2 Å². The first-order chi connectivity index (χ1) is 9.08. The van der Waals surface area contributed by atoms with Gasteiger partial charge in [-0.15, -0.1) is 11.8 Å². The molecule has 0 radical (unpaired) electrons. The minimum absolute atomic E-state index is 0.103. The van der Waals surface area contributed by atoms with E-state index in [1.54, 1.807) is 23.9 Å². The molecule has 0 bridgehead atoms. The summed E-state index contributed by atoms with van der Waals surface area (Å²) in [7, 11) is 0. The highest BCUT2D eigenvalue weighted by atomic mass is 32.2. The van der Waals surface area contributed by atoms with Gasteiger partial charge in [0.1, 0.15) is 5.82 Å². The zero-order valence-electron chi connectivity index (χ0n) is 10.9. The Bertz CT molecular complexity index is 438. The number of aliphatic carboxylic acids is 1. The standard InChI is InChI=1S/C14H18FNO2S/c1-10-13(14(17)18)6-7-16(10)8-9-19-12-4-2-11(15)3-5-12/h2-5,10,13H,6-9H2,1H3,(H,17,18). The molecular weight excluding hydrogens is 265 g/mol. The monoisotopic (exact) mass is 283 g/mol. The lowest BCUT2D eigenvalue weighted by Gasteiger charge is -2.22. The van der Waals surface area contributed by atoms with Gasteiger partial charge in [0.2, 0.25) is 0 Å². The fourth-order valence-corrected chi connectivity index (χ4v) is 3.35. The summed E-state index contributed by atoms with van der Waals surface area (Å²) in [6.45, 7) is 3.70. The Hall–Kier alpha value is -1.07. The van der Waals surface area contributed by atoms with Crippen molar-refractivity contribution in [3.8, 4) is 0 Å². The number of likely N-dealkylation sites (tertiary alicyclic amines) is 1. The lowest BCUT2D eigenvalue weighted by atomic mass is 10.0. The highest BCUT2D eigenvalue weighted by Gasteiger charge is 2.34. The average molecular weight is 283 g/mol. The third-order valence-corrected chi connectivity index (χ3v) is 4.66. The maximum atomic E-state index is 12.8. The van der Waals surface area contributed by atoms with E-state index in [1.807, 2.05) is 6.92 Å². The third-order valence-electron chi connectivity index (χ3n) is 3.66. The lowest BCUT2D eigenvalue weighted by Crippen LogP contribution is -2.34. The second kappa shape index (κ2) is 6.39. The van der Waals surface area contributed by atoms with Crippen molar-refractivity contribution in [2.75, 3.05) is 18.8 Å². The molecule has 1 fully saturated rings. The zero-order valence-corrected chi connectivity index (χ0v) is 11.7. The molecular formula is C14H18FNO2S. The van der Waals surface area contributed by atoms with E-state index in [2.05, 4.69) is 4.90 Å². The third kappa shape index (κ3) is 3.70. The van der Waals surface area contributed by atoms with Gasteiger partial charge < -0.3 is 5.11 Å². The van der Waals surface area contributed by atoms with Crippen LogP contribution in [0.4, 0.5) is 4.39 Å². The number of carboxylic acid groups (broad SMARTS) is 1. The molecule has 1 aromatic carbocycles. The molecule has 2 unspecified atom stereocenters. The van der Waals surface area contributed by atoms with E-state index in [9.17, 15) is 9.18 Å². The van der Waals surface area contributed by atoms with E-state index in [1.165, 1.54) is 12.1 Å². The van der Waals surface area contributed by atoms with Crippen LogP contribution in [0.3, 0.4) is 0 Å². The van der Waals surface area contributed by atoms with E-state index >= 15 is 0 Å². The number of benzene rings is 1. The Morgan fingerprint density at radius 2 is 2.16 bits per heavy atom. The molecule has 1 saturated heterocycles. The number of carbonyl (C=O) groups is 1. The second-order valence-electron chi connectivity index (χ2n) is 4.81. The molecule has 1 aliphatic heterocycles. The van der Waals surface area contributed by atoms with Crippen molar-refractivity contribution in [2.24, 2.45) is 5.92 Å². The minimum Gasteiger partial charge on any atom is -0.481 e. The Morgan fingerprint density at radius 1 is 1.47 bits per heavy atom. The van der Waals surface area contributed by atoms with Gasteiger partial charge in [-0.3, -0.25) is 9.69 Å². The molecule has 5 heteroatoms. The number of rotatable bonds is 5. The Labute approximate surface area is 116 Å². The van der Waals surface area contributed by atoms with Gasteiger partial charge in [0.05, 0.1) is 5.92 Å². The summed E-state index contributed by atoms with van der Waals surface area (Å²) in [4.78, 5) is 14.3. The van der Waals surface area contributed by atoms with Crippen LogP contribution in [0.2, 0.25) is 0 Å². The largest absolute Gasteiger partial charge is 0.481 e. The molecule has 1 aromatic rings. The van der Waals surface area contributed by atoms with Crippen molar-refractivity contribution in [3.63, 3.8) is 0 Å². The number of hydrogen-bond donors (Lipinski definition) is 1. The Balaban J connectivity index is 1.77. The maximum Gasteiger partial charge on any atom is 0.308 e. The summed E-state index contributed by atoms with van der Waals surface area (Å²) in [5.41, 5.74) is 0. The molecule has 0 aliphatic carbocycles. The number of nitrogens with zero attached hydrogens (tertiary/aromatic N) is 1. The van der Waals surface area contributed by atoms with Gasteiger partial charge in [-0.25, -0.2) is 4.39 Å². The highest BCUT2D eigenvalue weighted by Crippen LogP contribution is 2.25. The van der Waals surface area contributed by atoms with Crippen LogP contribution in [0.1, 0.15) is 13.3 Å². The molecule has 0 saturated carbocycles. The molecule has 104 valence electrons. The average Bonchev–Trinajstić information content (AvgIpc) is 2.74. The van der Waals surface area contributed by atoms with Crippen LogP contribution in [0.25, 0.3) is 0 Å². The summed E-state index contributed by atoms with van der Waals surface area (Å²) in [5, 5.41) is 9.06. The van der Waals surface area contributed by atoms with E-state index in [0.29, 0.717) is 0 Å². The summed E-state index contributed by atoms with van der Waals surface area (Å²) in [6, 6.07) is 6.56. The number of hydrogen-bond acceptors (Lipinski definition) is 3. The second-order valence-corrected chi connectivity index (χ2v) is 5.98. The fourth-order valence-electron chi connectivity index (χ4n) is 2.46. The minimum atomic E-state index is -0.693. The summed E-state index contributed by atoms with van der Waals surface area (Å²) >= 11 is 1.67. The van der Waals surface area contributed by atoms with E-state index in [4.69, 9.17) is 5.11 Å². The number of carboxylic acids is 1. The van der Waals surface area contributed by atoms with Gasteiger partial charge in [-0.2, -0.15) is 0 Å². The molecule has 1 aliphatic rings. The molecule has 0 aromatic heterocycles. The van der Waals surface area contributed by atoms with Crippen LogP contribution < -0.4 is 0 Å². The summed E-state index contributed by atoms with van der Waals surface area (Å²) in [5.74, 6) is -0.263. The highest BCUT2D eigenvalue weighted by molar-refractivity contribution is 7.99. The molecule has 2 atom stereocenters. The first-order valence-corrected chi connectivity index (χ1v) is 7.41. The summed E-state index contributed by atoms with van der Waals surface area (Å²) in [6.07, 6.45) is 0.734. The summed E-state index contributed by atoms with van der Waals surface area (Å²) < 4.78 is 12.8. The first-order valence-electron chi connectivity index (χ1n) is 6.43. The van der Waals surface area contributed by atoms with Gasteiger partial charge in [0.25, 0.3) is 0 Å². The van der Waals surface area contributed by atoms with Crippen LogP contribution >= 0.6 is 11.8 Å². The quantitative estimate of drug-likeness (QED) is 0.844. The predicted molar refractivity (Wildman–Crippen MR) is 73.9 cm³/mol. The van der Waals surface area contributed by atoms with Crippen molar-refractivity contribution in [3.05, 3.63) is 30.1 Å². The van der Waals surface area contributed by atoms with Crippen molar-refractivity contribution in [1.82, 2.24) is 4.90 Å². The van der Waals surface area contributed by atoms with Crippen molar-refractivity contribution in [1.29, 1.82) is 0 Å². The van der Waals surface area contributed by atoms with Gasteiger partial charge >= 0.3 is 5.97 Å². The van der Waals surface area contributed by atoms with Crippen molar-refractivity contribution >= 4 is 17.7 Å². The van der Waals surface area contributed by atoms with E-state index in [0.717, 1.165) is 30.2 Å². The predicted octanol–water partition coefficient (Wildman–Crippen LogP) is 2.71. The van der Waals surface area contributed by atoms with Crippen LogP contribution in [0.15, 0.2) is 29.2 Å². The number of halogens is 1. The fraction of sp³-hybridized carbons (Fsp3) is 0.500. The molecule has 1 N–H and O–H groups in total. The molecule has 0 spiro atoms. The van der Waals surface area contributed by atoms with Crippen molar-refractivity contribution < 1.29 is 14.3 Å². The van der Waals surface area contributed by atoms with E-state index in [-0.39, 0.29) is 17.8 Å². The van der Waals surface area contributed by atoms with Gasteiger partial charge in [-0.1, -0.05) is 0 Å². The van der Waals surface area contributed by atoms with Gasteiger partial charge in [0.15, 0.2) is 0 Å². The zero-order chi connectivity index (χ0) is 13.8. The Kier molecular flexibility index (Phi) is 4.82. The first kappa shape index (κ1) is 14.3. The van der Waals surface area contributed by atoms with E-state index < -0.39 is 5.97 Å². The van der Waals surface area contributed by atoms with Crippen LogP contribution in [-0.2, 0) is 4.79 Å². The molecule has 0 amide bonds. The molecule has 2 rings (SSSR count). The molecule has 3 nitrogen and oxygen atoms in total.